The molecule has 2 aromatic carbocycles. The van der Waals surface area contributed by atoms with Crippen LogP contribution < -0.4 is 4.80 Å². The number of halogens is 2. The van der Waals surface area contributed by atoms with Crippen molar-refractivity contribution in [2.45, 2.75) is 18.2 Å². The molecule has 0 unspecified atom stereocenters. The van der Waals surface area contributed by atoms with E-state index in [1.54, 1.807) is 17.7 Å². The van der Waals surface area contributed by atoms with Gasteiger partial charge in [-0.15, -0.1) is 0 Å². The van der Waals surface area contributed by atoms with E-state index in [1.165, 1.54) is 35.6 Å². The smallest absolute Gasteiger partial charge is 0.249 e. The van der Waals surface area contributed by atoms with E-state index >= 15 is 0 Å². The molecule has 1 aromatic heterocycles. The molecule has 0 fully saturated rings. The maximum atomic E-state index is 12.3. The molecule has 0 aliphatic carbocycles. The Hall–Kier alpha value is -1.67. The first kappa shape index (κ1) is 20.1. The standard InChI is InChI=1S/C18H16Cl2N2O3S2/c1-11-3-8-14(20)17-16(11)22(2)18(26-17)21-15(23)9-10-27(24,25)13-6-4-12(19)5-7-13/h3-8H,9-10H2,1-2H3. The lowest BCUT2D eigenvalue weighted by Crippen LogP contribution is -2.16. The number of aryl methyl sites for hydroxylation is 2. The number of hydrogen-bond donors (Lipinski definition) is 0. The number of thiazole rings is 1. The van der Waals surface area contributed by atoms with Gasteiger partial charge in [-0.2, -0.15) is 4.99 Å². The predicted molar refractivity (Wildman–Crippen MR) is 109 cm³/mol. The van der Waals surface area contributed by atoms with Gasteiger partial charge >= 0.3 is 0 Å². The fourth-order valence-corrected chi connectivity index (χ4v) is 5.40. The molecule has 0 bridgehead atoms. The van der Waals surface area contributed by atoms with Crippen LogP contribution in [0.15, 0.2) is 46.3 Å². The Balaban J connectivity index is 1.84. The molecule has 1 heterocycles. The van der Waals surface area contributed by atoms with Crippen molar-refractivity contribution >= 4 is 60.5 Å². The number of benzene rings is 2. The van der Waals surface area contributed by atoms with Crippen molar-refractivity contribution in [2.24, 2.45) is 12.0 Å². The molecule has 3 rings (SSSR count). The summed E-state index contributed by atoms with van der Waals surface area (Å²) in [4.78, 5) is 17.0. The van der Waals surface area contributed by atoms with Crippen molar-refractivity contribution in [2.75, 3.05) is 5.75 Å². The molecule has 5 nitrogen and oxygen atoms in total. The summed E-state index contributed by atoms with van der Waals surface area (Å²) >= 11 is 13.3. The average molecular weight is 443 g/mol. The maximum absolute atomic E-state index is 12.3. The minimum absolute atomic E-state index is 0.134. The number of sulfone groups is 1. The Labute approximate surface area is 170 Å². The van der Waals surface area contributed by atoms with E-state index in [0.717, 1.165) is 15.8 Å². The van der Waals surface area contributed by atoms with Crippen LogP contribution in [0.3, 0.4) is 0 Å². The third kappa shape index (κ3) is 4.27. The van der Waals surface area contributed by atoms with E-state index in [2.05, 4.69) is 4.99 Å². The Morgan fingerprint density at radius 2 is 1.81 bits per heavy atom. The molecule has 142 valence electrons. The Kier molecular flexibility index (Phi) is 5.76. The van der Waals surface area contributed by atoms with Gasteiger partial charge < -0.3 is 4.57 Å². The van der Waals surface area contributed by atoms with E-state index in [4.69, 9.17) is 23.2 Å². The van der Waals surface area contributed by atoms with E-state index in [0.29, 0.717) is 14.8 Å². The highest BCUT2D eigenvalue weighted by atomic mass is 35.5. The molecule has 0 aliphatic rings. The lowest BCUT2D eigenvalue weighted by molar-refractivity contribution is -0.117. The number of nitrogens with zero attached hydrogens (tertiary/aromatic N) is 2. The summed E-state index contributed by atoms with van der Waals surface area (Å²) in [6.45, 7) is 1.95. The van der Waals surface area contributed by atoms with Crippen LogP contribution in [0.4, 0.5) is 0 Å². The molecular weight excluding hydrogens is 427 g/mol. The van der Waals surface area contributed by atoms with Crippen LogP contribution >= 0.6 is 34.5 Å². The van der Waals surface area contributed by atoms with Crippen molar-refractivity contribution in [3.63, 3.8) is 0 Å². The molecular formula is C18H16Cl2N2O3S2. The highest BCUT2D eigenvalue weighted by molar-refractivity contribution is 7.91. The molecule has 1 amide bonds. The summed E-state index contributed by atoms with van der Waals surface area (Å²) in [6, 6.07) is 9.57. The fourth-order valence-electron chi connectivity index (χ4n) is 2.66. The summed E-state index contributed by atoms with van der Waals surface area (Å²) in [7, 11) is -1.77. The zero-order valence-corrected chi connectivity index (χ0v) is 17.7. The fraction of sp³-hybridized carbons (Fsp3) is 0.222. The second-order valence-electron chi connectivity index (χ2n) is 6.01. The van der Waals surface area contributed by atoms with Gasteiger partial charge in [0.1, 0.15) is 0 Å². The Bertz CT molecular complexity index is 1190. The second kappa shape index (κ2) is 7.75. The van der Waals surface area contributed by atoms with E-state index in [-0.39, 0.29) is 17.1 Å². The topological polar surface area (TPSA) is 68.5 Å². The zero-order valence-electron chi connectivity index (χ0n) is 14.6. The minimum Gasteiger partial charge on any atom is -0.319 e. The molecule has 0 radical (unpaired) electrons. The summed E-state index contributed by atoms with van der Waals surface area (Å²) in [6.07, 6.45) is -0.202. The molecule has 3 aromatic rings. The van der Waals surface area contributed by atoms with Crippen molar-refractivity contribution in [1.82, 2.24) is 4.57 Å². The number of aromatic nitrogens is 1. The first-order chi connectivity index (χ1) is 12.7. The number of rotatable bonds is 4. The highest BCUT2D eigenvalue weighted by Crippen LogP contribution is 2.28. The van der Waals surface area contributed by atoms with E-state index in [1.807, 2.05) is 13.0 Å². The van der Waals surface area contributed by atoms with Crippen molar-refractivity contribution < 1.29 is 13.2 Å². The highest BCUT2D eigenvalue weighted by Gasteiger charge is 2.17. The molecule has 0 atom stereocenters. The summed E-state index contributed by atoms with van der Waals surface area (Å²) < 4.78 is 27.3. The lowest BCUT2D eigenvalue weighted by Gasteiger charge is -2.03. The van der Waals surface area contributed by atoms with Gasteiger partial charge in [-0.3, -0.25) is 4.79 Å². The Morgan fingerprint density at radius 1 is 1.15 bits per heavy atom. The van der Waals surface area contributed by atoms with Crippen molar-refractivity contribution in [1.29, 1.82) is 0 Å². The van der Waals surface area contributed by atoms with Crippen LogP contribution in [0, 0.1) is 6.92 Å². The van der Waals surface area contributed by atoms with Gasteiger partial charge in [0, 0.05) is 18.5 Å². The van der Waals surface area contributed by atoms with Gasteiger partial charge in [0.2, 0.25) is 5.91 Å². The van der Waals surface area contributed by atoms with Crippen LogP contribution in [0.25, 0.3) is 10.2 Å². The number of carbonyl (C=O) groups is 1. The van der Waals surface area contributed by atoms with Gasteiger partial charge in [0.05, 0.1) is 25.9 Å². The van der Waals surface area contributed by atoms with Crippen molar-refractivity contribution in [3.8, 4) is 0 Å². The largest absolute Gasteiger partial charge is 0.319 e. The average Bonchev–Trinajstić information content (AvgIpc) is 2.95. The van der Waals surface area contributed by atoms with Crippen molar-refractivity contribution in [3.05, 3.63) is 56.8 Å². The molecule has 0 aliphatic heterocycles. The van der Waals surface area contributed by atoms with Crippen LogP contribution in [-0.4, -0.2) is 24.6 Å². The molecule has 9 heteroatoms. The van der Waals surface area contributed by atoms with E-state index in [9.17, 15) is 13.2 Å². The summed E-state index contributed by atoms with van der Waals surface area (Å²) in [5.41, 5.74) is 1.93. The zero-order chi connectivity index (χ0) is 19.8. The summed E-state index contributed by atoms with van der Waals surface area (Å²) in [5, 5.41) is 1.04. The summed E-state index contributed by atoms with van der Waals surface area (Å²) in [5.74, 6) is -0.811. The predicted octanol–water partition coefficient (Wildman–Crippen LogP) is 4.15. The number of carbonyl (C=O) groups excluding carboxylic acids is 1. The SMILES string of the molecule is Cc1ccc(Cl)c2sc(=NC(=O)CCS(=O)(=O)c3ccc(Cl)cc3)n(C)c12. The third-order valence-corrected chi connectivity index (χ3v) is 7.65. The van der Waals surface area contributed by atoms with Gasteiger partial charge in [-0.05, 0) is 42.8 Å². The monoisotopic (exact) mass is 442 g/mol. The molecule has 0 spiro atoms. The van der Waals surface area contributed by atoms with Gasteiger partial charge in [-0.25, -0.2) is 8.42 Å². The van der Waals surface area contributed by atoms with Crippen LogP contribution in [0.5, 0.6) is 0 Å². The maximum Gasteiger partial charge on any atom is 0.249 e. The molecule has 27 heavy (non-hydrogen) atoms. The van der Waals surface area contributed by atoms with Crippen LogP contribution in [-0.2, 0) is 21.7 Å². The van der Waals surface area contributed by atoms with Crippen LogP contribution in [0.1, 0.15) is 12.0 Å². The molecule has 0 saturated heterocycles. The van der Waals surface area contributed by atoms with Crippen LogP contribution in [0.2, 0.25) is 10.0 Å². The van der Waals surface area contributed by atoms with Gasteiger partial charge in [-0.1, -0.05) is 40.6 Å². The van der Waals surface area contributed by atoms with Gasteiger partial charge in [0.15, 0.2) is 14.6 Å². The minimum atomic E-state index is -3.58. The molecule has 0 saturated carbocycles. The van der Waals surface area contributed by atoms with E-state index < -0.39 is 15.7 Å². The quantitative estimate of drug-likeness (QED) is 0.609. The first-order valence-corrected chi connectivity index (χ1v) is 11.2. The number of fused-ring (bicyclic) bond motifs is 1. The number of hydrogen-bond acceptors (Lipinski definition) is 4. The second-order valence-corrected chi connectivity index (χ2v) is 9.94. The van der Waals surface area contributed by atoms with Gasteiger partial charge in [0.25, 0.3) is 0 Å². The normalized spacial score (nSPS) is 12.7. The lowest BCUT2D eigenvalue weighted by atomic mass is 10.2. The third-order valence-electron chi connectivity index (χ3n) is 4.08. The molecule has 0 N–H and O–H groups in total. The first-order valence-electron chi connectivity index (χ1n) is 7.99. The Morgan fingerprint density at radius 3 is 2.44 bits per heavy atom. The number of amides is 1.